The van der Waals surface area contributed by atoms with Gasteiger partial charge in [-0.1, -0.05) is 13.8 Å². The summed E-state index contributed by atoms with van der Waals surface area (Å²) < 4.78 is 0. The van der Waals surface area contributed by atoms with Crippen LogP contribution in [0.4, 0.5) is 11.8 Å². The van der Waals surface area contributed by atoms with Gasteiger partial charge < -0.3 is 15.5 Å². The van der Waals surface area contributed by atoms with Gasteiger partial charge >= 0.3 is 0 Å². The molecule has 2 N–H and O–H groups in total. The van der Waals surface area contributed by atoms with Crippen LogP contribution in [-0.4, -0.2) is 49.1 Å². The van der Waals surface area contributed by atoms with Crippen LogP contribution in [0, 0.1) is 5.41 Å². The number of anilines is 2. The number of hydrogen-bond donors (Lipinski definition) is 2. The molecule has 0 atom stereocenters. The molecule has 0 radical (unpaired) electrons. The second-order valence-corrected chi connectivity index (χ2v) is 5.27. The quantitative estimate of drug-likeness (QED) is 0.785. The molecule has 5 heteroatoms. The van der Waals surface area contributed by atoms with Crippen molar-refractivity contribution < 1.29 is 0 Å². The molecular weight excluding hydrogens is 214 g/mol. The molecule has 0 amide bonds. The van der Waals surface area contributed by atoms with E-state index in [1.54, 1.807) is 6.20 Å². The summed E-state index contributed by atoms with van der Waals surface area (Å²) in [7, 11) is 5.99. The molecule has 0 saturated carbocycles. The molecular formula is C12H23N5. The lowest BCUT2D eigenvalue weighted by molar-refractivity contribution is 0.254. The van der Waals surface area contributed by atoms with Gasteiger partial charge in [0.2, 0.25) is 5.95 Å². The Morgan fingerprint density at radius 1 is 1.35 bits per heavy atom. The van der Waals surface area contributed by atoms with Crippen LogP contribution in [0.5, 0.6) is 0 Å². The second-order valence-electron chi connectivity index (χ2n) is 5.27. The topological polar surface area (TPSA) is 53.1 Å². The lowest BCUT2D eigenvalue weighted by atomic mass is 9.93. The number of nitrogens with one attached hydrogen (secondary N) is 2. The number of aromatic nitrogens is 2. The Morgan fingerprint density at radius 2 is 2.06 bits per heavy atom. The van der Waals surface area contributed by atoms with Gasteiger partial charge in [0.25, 0.3) is 0 Å². The summed E-state index contributed by atoms with van der Waals surface area (Å²) in [5, 5.41) is 6.27. The standard InChI is InChI=1S/C12H23N5/c1-12(2,9-17(4)5)8-15-10-6-7-14-11(13-3)16-10/h6-7H,8-9H2,1-5H3,(H2,13,14,15,16). The Hall–Kier alpha value is -1.36. The molecule has 0 fully saturated rings. The van der Waals surface area contributed by atoms with Crippen LogP contribution < -0.4 is 10.6 Å². The zero-order valence-electron chi connectivity index (χ0n) is 11.4. The molecule has 0 bridgehead atoms. The maximum Gasteiger partial charge on any atom is 0.224 e. The Morgan fingerprint density at radius 3 is 2.65 bits per heavy atom. The molecule has 0 aliphatic rings. The summed E-state index contributed by atoms with van der Waals surface area (Å²) in [5.41, 5.74) is 0.203. The monoisotopic (exact) mass is 237 g/mol. The highest BCUT2D eigenvalue weighted by molar-refractivity contribution is 5.39. The van der Waals surface area contributed by atoms with Crippen LogP contribution in [0.2, 0.25) is 0 Å². The fraction of sp³-hybridized carbons (Fsp3) is 0.667. The molecule has 96 valence electrons. The SMILES string of the molecule is CNc1nccc(NCC(C)(C)CN(C)C)n1. The predicted octanol–water partition coefficient (Wildman–Crippen LogP) is 1.52. The average molecular weight is 237 g/mol. The van der Waals surface area contributed by atoms with Gasteiger partial charge in [0.05, 0.1) is 0 Å². The smallest absolute Gasteiger partial charge is 0.224 e. The summed E-state index contributed by atoms with van der Waals surface area (Å²) >= 11 is 0. The Bertz CT molecular complexity index is 349. The van der Waals surface area contributed by atoms with Gasteiger partial charge in [-0.25, -0.2) is 4.98 Å². The molecule has 17 heavy (non-hydrogen) atoms. The largest absolute Gasteiger partial charge is 0.369 e. The van der Waals surface area contributed by atoms with Crippen LogP contribution in [-0.2, 0) is 0 Å². The van der Waals surface area contributed by atoms with Gasteiger partial charge in [-0.3, -0.25) is 0 Å². The van der Waals surface area contributed by atoms with E-state index in [1.807, 2.05) is 13.1 Å². The van der Waals surface area contributed by atoms with Crippen molar-refractivity contribution in [3.05, 3.63) is 12.3 Å². The van der Waals surface area contributed by atoms with Gasteiger partial charge in [-0.2, -0.15) is 4.98 Å². The van der Waals surface area contributed by atoms with E-state index in [0.29, 0.717) is 5.95 Å². The lowest BCUT2D eigenvalue weighted by Gasteiger charge is -2.28. The van der Waals surface area contributed by atoms with Crippen molar-refractivity contribution in [2.24, 2.45) is 5.41 Å². The average Bonchev–Trinajstić information content (AvgIpc) is 2.25. The van der Waals surface area contributed by atoms with Crippen molar-refractivity contribution in [1.29, 1.82) is 0 Å². The van der Waals surface area contributed by atoms with Crippen molar-refractivity contribution in [1.82, 2.24) is 14.9 Å². The zero-order chi connectivity index (χ0) is 12.9. The summed E-state index contributed by atoms with van der Waals surface area (Å²) in [6.45, 7) is 6.38. The zero-order valence-corrected chi connectivity index (χ0v) is 11.4. The predicted molar refractivity (Wildman–Crippen MR) is 72.4 cm³/mol. The van der Waals surface area contributed by atoms with Gasteiger partial charge in [0.15, 0.2) is 0 Å². The number of rotatable bonds is 6. The highest BCUT2D eigenvalue weighted by Crippen LogP contribution is 2.17. The van der Waals surface area contributed by atoms with Gasteiger partial charge in [-0.15, -0.1) is 0 Å². The number of hydrogen-bond acceptors (Lipinski definition) is 5. The van der Waals surface area contributed by atoms with E-state index in [0.717, 1.165) is 18.9 Å². The van der Waals surface area contributed by atoms with Crippen LogP contribution in [0.25, 0.3) is 0 Å². The first-order valence-electron chi connectivity index (χ1n) is 5.82. The van der Waals surface area contributed by atoms with Crippen molar-refractivity contribution in [3.63, 3.8) is 0 Å². The van der Waals surface area contributed by atoms with Crippen LogP contribution in [0.15, 0.2) is 12.3 Å². The van der Waals surface area contributed by atoms with E-state index in [9.17, 15) is 0 Å². The Kier molecular flexibility index (Phi) is 4.69. The van der Waals surface area contributed by atoms with Crippen molar-refractivity contribution in [3.8, 4) is 0 Å². The molecule has 1 rings (SSSR count). The van der Waals surface area contributed by atoms with Gasteiger partial charge in [0.1, 0.15) is 5.82 Å². The summed E-state index contributed by atoms with van der Waals surface area (Å²) in [4.78, 5) is 10.6. The molecule has 0 aliphatic carbocycles. The van der Waals surface area contributed by atoms with Crippen LogP contribution >= 0.6 is 0 Å². The molecule has 0 aliphatic heterocycles. The molecule has 1 aromatic rings. The molecule has 1 aromatic heterocycles. The van der Waals surface area contributed by atoms with E-state index < -0.39 is 0 Å². The molecule has 5 nitrogen and oxygen atoms in total. The van der Waals surface area contributed by atoms with E-state index in [-0.39, 0.29) is 5.41 Å². The van der Waals surface area contributed by atoms with E-state index in [2.05, 4.69) is 53.4 Å². The summed E-state index contributed by atoms with van der Waals surface area (Å²) in [6, 6.07) is 1.88. The third kappa shape index (κ3) is 4.99. The molecule has 0 aromatic carbocycles. The Labute approximate surface area is 104 Å². The lowest BCUT2D eigenvalue weighted by Crippen LogP contribution is -2.34. The van der Waals surface area contributed by atoms with Crippen molar-refractivity contribution in [2.75, 3.05) is 44.9 Å². The first-order chi connectivity index (χ1) is 7.93. The van der Waals surface area contributed by atoms with Crippen LogP contribution in [0.1, 0.15) is 13.8 Å². The minimum atomic E-state index is 0.203. The van der Waals surface area contributed by atoms with Crippen molar-refractivity contribution >= 4 is 11.8 Å². The summed E-state index contributed by atoms with van der Waals surface area (Å²) in [5.74, 6) is 1.50. The first-order valence-corrected chi connectivity index (χ1v) is 5.82. The van der Waals surface area contributed by atoms with Gasteiger partial charge in [-0.05, 0) is 25.6 Å². The maximum atomic E-state index is 4.33. The van der Waals surface area contributed by atoms with E-state index in [4.69, 9.17) is 0 Å². The second kappa shape index (κ2) is 5.82. The molecule has 0 spiro atoms. The molecule has 0 saturated heterocycles. The number of nitrogens with zero attached hydrogens (tertiary/aromatic N) is 3. The highest BCUT2D eigenvalue weighted by Gasteiger charge is 2.18. The van der Waals surface area contributed by atoms with E-state index in [1.165, 1.54) is 0 Å². The fourth-order valence-corrected chi connectivity index (χ4v) is 1.82. The Balaban J connectivity index is 2.54. The third-order valence-corrected chi connectivity index (χ3v) is 2.37. The van der Waals surface area contributed by atoms with Gasteiger partial charge in [0, 0.05) is 26.3 Å². The van der Waals surface area contributed by atoms with E-state index >= 15 is 0 Å². The highest BCUT2D eigenvalue weighted by atomic mass is 15.1. The minimum Gasteiger partial charge on any atom is -0.369 e. The normalized spacial score (nSPS) is 11.6. The maximum absolute atomic E-state index is 4.33. The molecule has 0 unspecified atom stereocenters. The first kappa shape index (κ1) is 13.7. The van der Waals surface area contributed by atoms with Crippen molar-refractivity contribution in [2.45, 2.75) is 13.8 Å². The van der Waals surface area contributed by atoms with Crippen LogP contribution in [0.3, 0.4) is 0 Å². The minimum absolute atomic E-state index is 0.203. The summed E-state index contributed by atoms with van der Waals surface area (Å²) in [6.07, 6.45) is 1.75. The fourth-order valence-electron chi connectivity index (χ4n) is 1.82. The molecule has 1 heterocycles. The third-order valence-electron chi connectivity index (χ3n) is 2.37.